The number of nitrogens with two attached hydrogens (primary N) is 1. The largest absolute Gasteiger partial charge is 0.349 e. The van der Waals surface area contributed by atoms with Crippen molar-refractivity contribution in [2.45, 2.75) is 43.0 Å². The molecule has 2 unspecified atom stereocenters. The first kappa shape index (κ1) is 16.3. The Morgan fingerprint density at radius 3 is 3.00 bits per heavy atom. The van der Waals surface area contributed by atoms with E-state index < -0.39 is 0 Å². The van der Waals surface area contributed by atoms with Crippen molar-refractivity contribution >= 4 is 29.3 Å². The third-order valence-electron chi connectivity index (χ3n) is 4.63. The molecular weight excluding hydrogens is 310 g/mol. The molecule has 6 heteroatoms. The minimum absolute atomic E-state index is 0.00397. The predicted molar refractivity (Wildman–Crippen MR) is 92.7 cm³/mol. The first-order valence-corrected chi connectivity index (χ1v) is 9.23. The molecule has 5 nitrogen and oxygen atoms in total. The smallest absolute Gasteiger partial charge is 0.251 e. The molecule has 1 aliphatic carbocycles. The number of carbonyl (C=O) groups excluding carboxylic acids is 2. The van der Waals surface area contributed by atoms with E-state index in [-0.39, 0.29) is 17.9 Å². The van der Waals surface area contributed by atoms with Crippen LogP contribution in [0.25, 0.3) is 0 Å². The SMILES string of the molecule is NCC1CCCCC1NC(=O)c1ccc2c(c1)NC(=O)CCS2. The second-order valence-electron chi connectivity index (χ2n) is 6.22. The van der Waals surface area contributed by atoms with Gasteiger partial charge in [-0.2, -0.15) is 0 Å². The van der Waals surface area contributed by atoms with Crippen molar-refractivity contribution in [3.05, 3.63) is 23.8 Å². The first-order chi connectivity index (χ1) is 11.2. The van der Waals surface area contributed by atoms with Crippen molar-refractivity contribution in [3.8, 4) is 0 Å². The molecule has 2 aliphatic rings. The molecule has 124 valence electrons. The number of hydrogen-bond donors (Lipinski definition) is 3. The van der Waals surface area contributed by atoms with Crippen molar-refractivity contribution < 1.29 is 9.59 Å². The Balaban J connectivity index is 1.73. The Bertz CT molecular complexity index is 606. The maximum Gasteiger partial charge on any atom is 0.251 e. The van der Waals surface area contributed by atoms with E-state index in [4.69, 9.17) is 5.73 Å². The fraction of sp³-hybridized carbons (Fsp3) is 0.529. The quantitative estimate of drug-likeness (QED) is 0.793. The van der Waals surface area contributed by atoms with Gasteiger partial charge in [0.1, 0.15) is 0 Å². The Labute approximate surface area is 140 Å². The van der Waals surface area contributed by atoms with Crippen LogP contribution in [0.3, 0.4) is 0 Å². The second kappa shape index (κ2) is 7.36. The van der Waals surface area contributed by atoms with Crippen LogP contribution in [-0.2, 0) is 4.79 Å². The Hall–Kier alpha value is -1.53. The standard InChI is InChI=1S/C17H23N3O2S/c18-10-12-3-1-2-4-13(12)20-17(22)11-5-6-15-14(9-11)19-16(21)7-8-23-15/h5-6,9,12-13H,1-4,7-8,10,18H2,(H,19,21)(H,20,22). The molecule has 3 rings (SSSR count). The molecule has 1 aromatic carbocycles. The van der Waals surface area contributed by atoms with Gasteiger partial charge in [-0.15, -0.1) is 11.8 Å². The van der Waals surface area contributed by atoms with Crippen LogP contribution in [0.5, 0.6) is 0 Å². The number of carbonyl (C=O) groups is 2. The second-order valence-corrected chi connectivity index (χ2v) is 7.35. The van der Waals surface area contributed by atoms with Crippen LogP contribution in [0.2, 0.25) is 0 Å². The molecule has 1 aromatic rings. The fourth-order valence-electron chi connectivity index (χ4n) is 3.29. The van der Waals surface area contributed by atoms with Crippen LogP contribution in [0.15, 0.2) is 23.1 Å². The molecule has 1 heterocycles. The van der Waals surface area contributed by atoms with Crippen molar-refractivity contribution in [2.75, 3.05) is 17.6 Å². The van der Waals surface area contributed by atoms with Crippen molar-refractivity contribution in [1.29, 1.82) is 0 Å². The highest BCUT2D eigenvalue weighted by Crippen LogP contribution is 2.31. The number of rotatable bonds is 3. The average molecular weight is 333 g/mol. The summed E-state index contributed by atoms with van der Waals surface area (Å²) in [5.41, 5.74) is 7.16. The first-order valence-electron chi connectivity index (χ1n) is 8.25. The molecule has 1 aliphatic heterocycles. The lowest BCUT2D eigenvalue weighted by atomic mass is 9.84. The lowest BCUT2D eigenvalue weighted by Gasteiger charge is -2.31. The highest BCUT2D eigenvalue weighted by atomic mass is 32.2. The van der Waals surface area contributed by atoms with Crippen LogP contribution in [0, 0.1) is 5.92 Å². The monoisotopic (exact) mass is 333 g/mol. The minimum atomic E-state index is -0.0818. The minimum Gasteiger partial charge on any atom is -0.349 e. The maximum atomic E-state index is 12.6. The van der Waals surface area contributed by atoms with Gasteiger partial charge in [0.15, 0.2) is 0 Å². The summed E-state index contributed by atoms with van der Waals surface area (Å²) in [4.78, 5) is 25.3. The zero-order valence-corrected chi connectivity index (χ0v) is 14.0. The van der Waals surface area contributed by atoms with E-state index in [1.165, 1.54) is 6.42 Å². The van der Waals surface area contributed by atoms with Gasteiger partial charge in [0.2, 0.25) is 5.91 Å². The maximum absolute atomic E-state index is 12.6. The topological polar surface area (TPSA) is 84.2 Å². The molecular formula is C17H23N3O2S. The van der Waals surface area contributed by atoms with Gasteiger partial charge in [-0.25, -0.2) is 0 Å². The van der Waals surface area contributed by atoms with Gasteiger partial charge in [-0.3, -0.25) is 9.59 Å². The molecule has 0 spiro atoms. The number of hydrogen-bond acceptors (Lipinski definition) is 4. The van der Waals surface area contributed by atoms with E-state index >= 15 is 0 Å². The third kappa shape index (κ3) is 3.87. The van der Waals surface area contributed by atoms with Crippen molar-refractivity contribution in [1.82, 2.24) is 5.32 Å². The molecule has 1 fully saturated rings. The summed E-state index contributed by atoms with van der Waals surface area (Å²) in [6, 6.07) is 5.69. The number of amides is 2. The van der Waals surface area contributed by atoms with E-state index in [1.54, 1.807) is 17.8 Å². The molecule has 2 amide bonds. The van der Waals surface area contributed by atoms with Crippen LogP contribution in [0.4, 0.5) is 5.69 Å². The van der Waals surface area contributed by atoms with Gasteiger partial charge in [-0.1, -0.05) is 12.8 Å². The fourth-order valence-corrected chi connectivity index (χ4v) is 4.23. The van der Waals surface area contributed by atoms with Gasteiger partial charge < -0.3 is 16.4 Å². The van der Waals surface area contributed by atoms with E-state index in [1.807, 2.05) is 12.1 Å². The van der Waals surface area contributed by atoms with Gasteiger partial charge in [-0.05, 0) is 43.5 Å². The molecule has 23 heavy (non-hydrogen) atoms. The predicted octanol–water partition coefficient (Wildman–Crippen LogP) is 2.37. The molecule has 0 radical (unpaired) electrons. The van der Waals surface area contributed by atoms with Gasteiger partial charge in [0, 0.05) is 28.7 Å². The van der Waals surface area contributed by atoms with E-state index in [0.29, 0.717) is 24.4 Å². The Morgan fingerprint density at radius 1 is 1.35 bits per heavy atom. The Morgan fingerprint density at radius 2 is 2.17 bits per heavy atom. The summed E-state index contributed by atoms with van der Waals surface area (Å²) >= 11 is 1.64. The van der Waals surface area contributed by atoms with Gasteiger partial charge in [0.05, 0.1) is 5.69 Å². The van der Waals surface area contributed by atoms with E-state index in [2.05, 4.69) is 10.6 Å². The number of anilines is 1. The van der Waals surface area contributed by atoms with Gasteiger partial charge >= 0.3 is 0 Å². The number of fused-ring (bicyclic) bond motifs is 1. The Kier molecular flexibility index (Phi) is 5.23. The average Bonchev–Trinajstić information content (AvgIpc) is 2.75. The molecule has 0 aromatic heterocycles. The highest BCUT2D eigenvalue weighted by Gasteiger charge is 2.26. The normalized spacial score (nSPS) is 24.3. The van der Waals surface area contributed by atoms with E-state index in [9.17, 15) is 9.59 Å². The summed E-state index contributed by atoms with van der Waals surface area (Å²) in [5, 5.41) is 6.01. The molecule has 0 saturated heterocycles. The van der Waals surface area contributed by atoms with Gasteiger partial charge in [0.25, 0.3) is 5.91 Å². The third-order valence-corrected chi connectivity index (χ3v) is 5.71. The zero-order chi connectivity index (χ0) is 16.2. The summed E-state index contributed by atoms with van der Waals surface area (Å²) in [6.07, 6.45) is 4.90. The summed E-state index contributed by atoms with van der Waals surface area (Å²) in [5.74, 6) is 1.06. The number of benzene rings is 1. The van der Waals surface area contributed by atoms with Crippen LogP contribution in [-0.4, -0.2) is 30.2 Å². The summed E-state index contributed by atoms with van der Waals surface area (Å²) < 4.78 is 0. The molecule has 0 bridgehead atoms. The number of nitrogens with one attached hydrogen (secondary N) is 2. The molecule has 1 saturated carbocycles. The van der Waals surface area contributed by atoms with Crippen molar-refractivity contribution in [2.24, 2.45) is 11.7 Å². The lowest BCUT2D eigenvalue weighted by molar-refractivity contribution is -0.115. The number of thioether (sulfide) groups is 1. The summed E-state index contributed by atoms with van der Waals surface area (Å²) in [6.45, 7) is 0.613. The van der Waals surface area contributed by atoms with Crippen LogP contribution < -0.4 is 16.4 Å². The van der Waals surface area contributed by atoms with E-state index in [0.717, 1.165) is 35.6 Å². The highest BCUT2D eigenvalue weighted by molar-refractivity contribution is 7.99. The molecule has 4 N–H and O–H groups in total. The lowest BCUT2D eigenvalue weighted by Crippen LogP contribution is -2.44. The zero-order valence-electron chi connectivity index (χ0n) is 13.1. The summed E-state index contributed by atoms with van der Waals surface area (Å²) in [7, 11) is 0. The molecule has 2 atom stereocenters. The van der Waals surface area contributed by atoms with Crippen molar-refractivity contribution in [3.63, 3.8) is 0 Å². The van der Waals surface area contributed by atoms with Crippen LogP contribution in [0.1, 0.15) is 42.5 Å². The van der Waals surface area contributed by atoms with Crippen LogP contribution >= 0.6 is 11.8 Å².